The highest BCUT2D eigenvalue weighted by atomic mass is 32.2. The molecule has 25 heavy (non-hydrogen) atoms. The second kappa shape index (κ2) is 6.45. The molecule has 4 rings (SSSR count). The summed E-state index contributed by atoms with van der Waals surface area (Å²) in [5, 5.41) is 6.95. The first-order valence-electron chi connectivity index (χ1n) is 7.59. The molecule has 6 nitrogen and oxygen atoms in total. The monoisotopic (exact) mass is 350 g/mol. The molecular formula is C18H14N4O2S. The molecule has 0 aliphatic heterocycles. The third kappa shape index (κ3) is 3.14. The zero-order valence-electron chi connectivity index (χ0n) is 13.3. The van der Waals surface area contributed by atoms with Crippen LogP contribution in [0.5, 0.6) is 0 Å². The normalized spacial score (nSPS) is 10.9. The lowest BCUT2D eigenvalue weighted by molar-refractivity contribution is 0.0996. The molecule has 124 valence electrons. The first kappa shape index (κ1) is 15.5. The molecule has 1 amide bonds. The summed E-state index contributed by atoms with van der Waals surface area (Å²) in [7, 11) is 0. The quantitative estimate of drug-likeness (QED) is 0.564. The zero-order valence-corrected chi connectivity index (χ0v) is 14.2. The first-order chi connectivity index (χ1) is 12.2. The lowest BCUT2D eigenvalue weighted by Crippen LogP contribution is -2.12. The smallest absolute Gasteiger partial charge is 0.293 e. The Hall–Kier alpha value is -3.06. The van der Waals surface area contributed by atoms with Gasteiger partial charge in [-0.05, 0) is 48.2 Å². The lowest BCUT2D eigenvalue weighted by Gasteiger charge is -2.04. The third-order valence-corrected chi connectivity index (χ3v) is 4.43. The lowest BCUT2D eigenvalue weighted by atomic mass is 10.1. The molecule has 0 aliphatic rings. The summed E-state index contributed by atoms with van der Waals surface area (Å²) in [4.78, 5) is 17.5. The van der Waals surface area contributed by atoms with E-state index < -0.39 is 0 Å². The van der Waals surface area contributed by atoms with Crippen LogP contribution < -0.4 is 5.32 Å². The van der Waals surface area contributed by atoms with Crippen LogP contribution >= 0.6 is 11.8 Å². The van der Waals surface area contributed by atoms with Crippen molar-refractivity contribution in [2.45, 2.75) is 4.90 Å². The highest BCUT2D eigenvalue weighted by molar-refractivity contribution is 7.98. The van der Waals surface area contributed by atoms with Gasteiger partial charge in [-0.2, -0.15) is 4.98 Å². The van der Waals surface area contributed by atoms with E-state index in [9.17, 15) is 4.79 Å². The van der Waals surface area contributed by atoms with Gasteiger partial charge >= 0.3 is 0 Å². The Balaban J connectivity index is 1.64. The van der Waals surface area contributed by atoms with E-state index >= 15 is 0 Å². The maximum atomic E-state index is 12.0. The average Bonchev–Trinajstić information content (AvgIpc) is 3.30. The number of furan rings is 1. The summed E-state index contributed by atoms with van der Waals surface area (Å²) in [6, 6.07) is 15.4. The van der Waals surface area contributed by atoms with Crippen molar-refractivity contribution >= 4 is 29.3 Å². The maximum absolute atomic E-state index is 12.0. The first-order valence-corrected chi connectivity index (χ1v) is 8.81. The predicted molar refractivity (Wildman–Crippen MR) is 96.9 cm³/mol. The molecule has 1 N–H and O–H groups in total. The molecule has 0 saturated carbocycles. The standard InChI is InChI=1S/C18H14N4O2S/c1-25-14-5-2-4-12(10-14)13-7-8-16-19-18(21-22(16)11-13)20-17(23)15-6-3-9-24-15/h2-11H,1H3,(H,20,21,23). The summed E-state index contributed by atoms with van der Waals surface area (Å²) in [6.45, 7) is 0. The van der Waals surface area contributed by atoms with Crippen molar-refractivity contribution in [1.29, 1.82) is 0 Å². The van der Waals surface area contributed by atoms with E-state index in [4.69, 9.17) is 4.42 Å². The van der Waals surface area contributed by atoms with Gasteiger partial charge in [0.15, 0.2) is 11.4 Å². The zero-order chi connectivity index (χ0) is 17.2. The number of thioether (sulfide) groups is 1. The fourth-order valence-electron chi connectivity index (χ4n) is 2.48. The molecule has 0 radical (unpaired) electrons. The van der Waals surface area contributed by atoms with E-state index in [0.29, 0.717) is 5.65 Å². The van der Waals surface area contributed by atoms with Gasteiger partial charge in [0.25, 0.3) is 5.91 Å². The minimum Gasteiger partial charge on any atom is -0.459 e. The average molecular weight is 350 g/mol. The molecule has 0 spiro atoms. The van der Waals surface area contributed by atoms with Crippen LogP contribution in [0.25, 0.3) is 16.8 Å². The summed E-state index contributed by atoms with van der Waals surface area (Å²) in [5.74, 6) is 0.0682. The molecule has 0 unspecified atom stereocenters. The number of carbonyl (C=O) groups excluding carboxylic acids is 1. The van der Waals surface area contributed by atoms with Gasteiger partial charge < -0.3 is 4.42 Å². The van der Waals surface area contributed by atoms with Crippen LogP contribution in [0.3, 0.4) is 0 Å². The summed E-state index contributed by atoms with van der Waals surface area (Å²) in [6.07, 6.45) is 5.39. The number of hydrogen-bond acceptors (Lipinski definition) is 5. The maximum Gasteiger partial charge on any atom is 0.293 e. The van der Waals surface area contributed by atoms with Crippen LogP contribution in [-0.2, 0) is 0 Å². The predicted octanol–water partition coefficient (Wildman–Crippen LogP) is 3.96. The van der Waals surface area contributed by atoms with Gasteiger partial charge in [-0.25, -0.2) is 4.52 Å². The van der Waals surface area contributed by atoms with Crippen molar-refractivity contribution in [3.8, 4) is 11.1 Å². The van der Waals surface area contributed by atoms with Gasteiger partial charge in [0.1, 0.15) is 0 Å². The Bertz CT molecular complexity index is 1040. The number of rotatable bonds is 4. The van der Waals surface area contributed by atoms with E-state index in [2.05, 4.69) is 33.6 Å². The summed E-state index contributed by atoms with van der Waals surface area (Å²) >= 11 is 1.70. The Labute approximate surface area is 147 Å². The van der Waals surface area contributed by atoms with Crippen molar-refractivity contribution in [2.24, 2.45) is 0 Å². The summed E-state index contributed by atoms with van der Waals surface area (Å²) in [5.41, 5.74) is 2.78. The molecule has 0 aliphatic carbocycles. The molecule has 3 aromatic heterocycles. The highest BCUT2D eigenvalue weighted by Gasteiger charge is 2.12. The number of anilines is 1. The van der Waals surface area contributed by atoms with Crippen LogP contribution in [-0.4, -0.2) is 26.8 Å². The Kier molecular flexibility index (Phi) is 3.99. The SMILES string of the molecule is CSc1cccc(-c2ccc3nc(NC(=O)c4ccco4)nn3c2)c1. The molecular weight excluding hydrogens is 336 g/mol. The topological polar surface area (TPSA) is 72.4 Å². The molecule has 3 heterocycles. The summed E-state index contributed by atoms with van der Waals surface area (Å²) < 4.78 is 6.72. The fraction of sp³-hybridized carbons (Fsp3) is 0.0556. The minimum atomic E-state index is -0.381. The van der Waals surface area contributed by atoms with Crippen LogP contribution in [0.2, 0.25) is 0 Å². The van der Waals surface area contributed by atoms with Crippen LogP contribution in [0.15, 0.2) is 70.3 Å². The second-order valence-electron chi connectivity index (χ2n) is 5.32. The van der Waals surface area contributed by atoms with Gasteiger partial charge in [-0.15, -0.1) is 16.9 Å². The van der Waals surface area contributed by atoms with Crippen molar-refractivity contribution in [3.05, 3.63) is 66.8 Å². The number of benzene rings is 1. The number of hydrogen-bond donors (Lipinski definition) is 1. The van der Waals surface area contributed by atoms with Gasteiger partial charge in [-0.1, -0.05) is 12.1 Å². The van der Waals surface area contributed by atoms with Gasteiger partial charge in [0.2, 0.25) is 5.95 Å². The Morgan fingerprint density at radius 1 is 1.16 bits per heavy atom. The highest BCUT2D eigenvalue weighted by Crippen LogP contribution is 2.24. The Morgan fingerprint density at radius 3 is 2.88 bits per heavy atom. The number of nitrogens with one attached hydrogen (secondary N) is 1. The van der Waals surface area contributed by atoms with Crippen molar-refractivity contribution < 1.29 is 9.21 Å². The van der Waals surface area contributed by atoms with Gasteiger partial charge in [-0.3, -0.25) is 10.1 Å². The molecule has 1 aromatic carbocycles. The van der Waals surface area contributed by atoms with E-state index in [-0.39, 0.29) is 17.6 Å². The van der Waals surface area contributed by atoms with Crippen molar-refractivity contribution in [1.82, 2.24) is 14.6 Å². The number of fused-ring (bicyclic) bond motifs is 1. The largest absolute Gasteiger partial charge is 0.459 e. The molecule has 4 aromatic rings. The van der Waals surface area contributed by atoms with E-state index in [1.54, 1.807) is 28.4 Å². The van der Waals surface area contributed by atoms with Gasteiger partial charge in [0.05, 0.1) is 6.26 Å². The van der Waals surface area contributed by atoms with Gasteiger partial charge in [0, 0.05) is 16.7 Å². The second-order valence-corrected chi connectivity index (χ2v) is 6.20. The van der Waals surface area contributed by atoms with Crippen LogP contribution in [0.1, 0.15) is 10.6 Å². The molecule has 7 heteroatoms. The Morgan fingerprint density at radius 2 is 2.08 bits per heavy atom. The number of pyridine rings is 1. The number of nitrogens with zero attached hydrogens (tertiary/aromatic N) is 3. The van der Waals surface area contributed by atoms with Crippen LogP contribution in [0.4, 0.5) is 5.95 Å². The minimum absolute atomic E-state index is 0.216. The molecule has 0 bridgehead atoms. The fourth-order valence-corrected chi connectivity index (χ4v) is 2.94. The third-order valence-electron chi connectivity index (χ3n) is 3.70. The molecule has 0 saturated heterocycles. The van der Waals surface area contributed by atoms with Crippen molar-refractivity contribution in [3.63, 3.8) is 0 Å². The molecule has 0 atom stereocenters. The van der Waals surface area contributed by atoms with Crippen molar-refractivity contribution in [2.75, 3.05) is 11.6 Å². The number of carbonyl (C=O) groups is 1. The van der Waals surface area contributed by atoms with E-state index in [1.807, 2.05) is 30.7 Å². The van der Waals surface area contributed by atoms with E-state index in [1.165, 1.54) is 11.2 Å². The number of aromatic nitrogens is 3. The van der Waals surface area contributed by atoms with E-state index in [0.717, 1.165) is 11.1 Å². The number of amides is 1. The molecule has 0 fully saturated rings. The van der Waals surface area contributed by atoms with Crippen LogP contribution in [0, 0.1) is 0 Å².